The maximum Gasteiger partial charge on any atom is 0.262 e. The fraction of sp³-hybridized carbons (Fsp3) is 0.286. The van der Waals surface area contributed by atoms with Crippen molar-refractivity contribution < 1.29 is 13.1 Å². The van der Waals surface area contributed by atoms with Crippen molar-refractivity contribution in [3.8, 4) is 0 Å². The average Bonchev–Trinajstić information content (AvgIpc) is 2.58. The average molecular weight is 382 g/mol. The van der Waals surface area contributed by atoms with E-state index in [4.69, 9.17) is 0 Å². The van der Waals surface area contributed by atoms with Gasteiger partial charge in [-0.25, -0.2) is 8.42 Å². The highest BCUT2D eigenvalue weighted by atomic mass is 32.2. The quantitative estimate of drug-likeness (QED) is 0.537. The van der Waals surface area contributed by atoms with Gasteiger partial charge in [-0.15, -0.1) is 0 Å². The van der Waals surface area contributed by atoms with E-state index in [2.05, 4.69) is 4.72 Å². The van der Waals surface area contributed by atoms with E-state index in [1.54, 1.807) is 30.3 Å². The SMILES string of the molecule is Cc1cc2cccc(NS(=O)(=O)c3ccc(CC4CCC4)cc3)c2[n+]([O-])c1. The van der Waals surface area contributed by atoms with E-state index in [0.717, 1.165) is 23.5 Å². The van der Waals surface area contributed by atoms with Crippen molar-refractivity contribution in [2.75, 3.05) is 4.72 Å². The number of rotatable bonds is 5. The molecule has 0 radical (unpaired) electrons. The fourth-order valence-corrected chi connectivity index (χ4v) is 4.64. The van der Waals surface area contributed by atoms with Gasteiger partial charge in [0.25, 0.3) is 10.0 Å². The Bertz CT molecular complexity index is 1090. The maximum atomic E-state index is 12.8. The van der Waals surface area contributed by atoms with Gasteiger partial charge >= 0.3 is 0 Å². The number of aromatic nitrogens is 1. The zero-order chi connectivity index (χ0) is 19.0. The maximum absolute atomic E-state index is 12.8. The topological polar surface area (TPSA) is 73.1 Å². The summed E-state index contributed by atoms with van der Waals surface area (Å²) >= 11 is 0. The van der Waals surface area contributed by atoms with E-state index in [0.29, 0.717) is 15.6 Å². The molecule has 0 spiro atoms. The minimum Gasteiger partial charge on any atom is -0.618 e. The van der Waals surface area contributed by atoms with Crippen LogP contribution in [0.1, 0.15) is 30.4 Å². The van der Waals surface area contributed by atoms with Crippen LogP contribution in [0, 0.1) is 18.0 Å². The van der Waals surface area contributed by atoms with Crippen molar-refractivity contribution in [2.45, 2.75) is 37.5 Å². The first-order chi connectivity index (χ1) is 12.9. The van der Waals surface area contributed by atoms with Gasteiger partial charge in [0.1, 0.15) is 5.69 Å². The number of anilines is 1. The molecule has 1 aliphatic carbocycles. The van der Waals surface area contributed by atoms with E-state index >= 15 is 0 Å². The number of hydrogen-bond donors (Lipinski definition) is 1. The smallest absolute Gasteiger partial charge is 0.262 e. The Morgan fingerprint density at radius 2 is 1.89 bits per heavy atom. The third kappa shape index (κ3) is 3.62. The number of fused-ring (bicyclic) bond motifs is 1. The summed E-state index contributed by atoms with van der Waals surface area (Å²) in [6.07, 6.45) is 6.27. The van der Waals surface area contributed by atoms with Crippen LogP contribution >= 0.6 is 0 Å². The molecule has 0 atom stereocenters. The second-order valence-corrected chi connectivity index (χ2v) is 9.02. The molecular weight excluding hydrogens is 360 g/mol. The van der Waals surface area contributed by atoms with Gasteiger partial charge in [0, 0.05) is 5.56 Å². The molecule has 0 amide bonds. The van der Waals surface area contributed by atoms with Crippen LogP contribution in [0.2, 0.25) is 0 Å². The lowest BCUT2D eigenvalue weighted by molar-refractivity contribution is -0.576. The number of hydrogen-bond acceptors (Lipinski definition) is 3. The Hall–Kier alpha value is -2.60. The van der Waals surface area contributed by atoms with Crippen molar-refractivity contribution in [1.29, 1.82) is 0 Å². The van der Waals surface area contributed by atoms with Gasteiger partial charge in [-0.05, 0) is 55.2 Å². The zero-order valence-electron chi connectivity index (χ0n) is 15.2. The Balaban J connectivity index is 1.62. The molecule has 1 aromatic heterocycles. The lowest BCUT2D eigenvalue weighted by atomic mass is 9.81. The molecule has 4 rings (SSSR count). The molecule has 1 heterocycles. The summed E-state index contributed by atoms with van der Waals surface area (Å²) in [6, 6.07) is 14.0. The van der Waals surface area contributed by atoms with Crippen molar-refractivity contribution >= 4 is 26.6 Å². The highest BCUT2D eigenvalue weighted by Gasteiger charge is 2.21. The minimum absolute atomic E-state index is 0.196. The Morgan fingerprint density at radius 1 is 1.15 bits per heavy atom. The highest BCUT2D eigenvalue weighted by molar-refractivity contribution is 7.92. The van der Waals surface area contributed by atoms with Crippen LogP contribution in [-0.4, -0.2) is 8.42 Å². The number of pyridine rings is 1. The number of benzene rings is 2. The summed E-state index contributed by atoms with van der Waals surface area (Å²) in [6.45, 7) is 1.83. The van der Waals surface area contributed by atoms with Crippen LogP contribution in [-0.2, 0) is 16.4 Å². The predicted molar refractivity (Wildman–Crippen MR) is 106 cm³/mol. The summed E-state index contributed by atoms with van der Waals surface area (Å²) in [4.78, 5) is 0.196. The van der Waals surface area contributed by atoms with Gasteiger partial charge in [0.15, 0.2) is 6.20 Å². The molecule has 5 nitrogen and oxygen atoms in total. The number of nitrogens with zero attached hydrogens (tertiary/aromatic N) is 1. The van der Waals surface area contributed by atoms with Gasteiger partial charge < -0.3 is 5.21 Å². The molecule has 2 aromatic carbocycles. The van der Waals surface area contributed by atoms with E-state index in [-0.39, 0.29) is 10.6 Å². The molecule has 1 N–H and O–H groups in total. The summed E-state index contributed by atoms with van der Waals surface area (Å²) in [5.41, 5.74) is 2.57. The normalized spacial score (nSPS) is 14.9. The summed E-state index contributed by atoms with van der Waals surface area (Å²) in [5.74, 6) is 0.734. The van der Waals surface area contributed by atoms with E-state index < -0.39 is 10.0 Å². The highest BCUT2D eigenvalue weighted by Crippen LogP contribution is 2.30. The molecule has 0 aliphatic heterocycles. The molecule has 1 aliphatic rings. The second kappa shape index (κ2) is 6.85. The standard InChI is InChI=1S/C21H22N2O3S/c1-15-12-18-6-3-7-20(21(18)23(24)14-15)22-27(25,26)19-10-8-17(9-11-19)13-16-4-2-5-16/h3,6-12,14,16,22H,2,4-5,13H2,1H3. The van der Waals surface area contributed by atoms with Crippen LogP contribution in [0.15, 0.2) is 59.6 Å². The number of para-hydroxylation sites is 1. The first kappa shape index (κ1) is 17.8. The molecule has 140 valence electrons. The monoisotopic (exact) mass is 382 g/mol. The molecule has 0 saturated heterocycles. The van der Waals surface area contributed by atoms with Crippen LogP contribution < -0.4 is 9.45 Å². The Morgan fingerprint density at radius 3 is 2.56 bits per heavy atom. The molecule has 3 aromatic rings. The van der Waals surface area contributed by atoms with E-state index in [1.165, 1.54) is 25.5 Å². The molecular formula is C21H22N2O3S. The van der Waals surface area contributed by atoms with Crippen LogP contribution in [0.25, 0.3) is 10.9 Å². The molecule has 1 saturated carbocycles. The third-order valence-corrected chi connectivity index (χ3v) is 6.60. The molecule has 1 fully saturated rings. The fourth-order valence-electron chi connectivity index (χ4n) is 3.58. The largest absolute Gasteiger partial charge is 0.618 e. The molecule has 6 heteroatoms. The van der Waals surface area contributed by atoms with Crippen LogP contribution in [0.3, 0.4) is 0 Å². The lowest BCUT2D eigenvalue weighted by Crippen LogP contribution is -2.28. The van der Waals surface area contributed by atoms with E-state index in [1.807, 2.05) is 25.1 Å². The lowest BCUT2D eigenvalue weighted by Gasteiger charge is -2.25. The minimum atomic E-state index is -3.77. The zero-order valence-corrected chi connectivity index (χ0v) is 16.0. The summed E-state index contributed by atoms with van der Waals surface area (Å²) < 4.78 is 28.9. The van der Waals surface area contributed by atoms with Crippen molar-refractivity contribution in [1.82, 2.24) is 0 Å². The molecule has 27 heavy (non-hydrogen) atoms. The molecule has 0 unspecified atom stereocenters. The van der Waals surface area contributed by atoms with Crippen LogP contribution in [0.4, 0.5) is 5.69 Å². The Labute approximate surface area is 159 Å². The van der Waals surface area contributed by atoms with Crippen molar-refractivity contribution in [3.05, 3.63) is 71.1 Å². The second-order valence-electron chi connectivity index (χ2n) is 7.34. The van der Waals surface area contributed by atoms with Gasteiger partial charge in [0.2, 0.25) is 5.52 Å². The summed E-state index contributed by atoms with van der Waals surface area (Å²) in [7, 11) is -3.77. The first-order valence-corrected chi connectivity index (χ1v) is 10.6. The number of sulfonamides is 1. The summed E-state index contributed by atoms with van der Waals surface area (Å²) in [5, 5.41) is 13.0. The van der Waals surface area contributed by atoms with Crippen molar-refractivity contribution in [3.63, 3.8) is 0 Å². The van der Waals surface area contributed by atoms with E-state index in [9.17, 15) is 13.6 Å². The van der Waals surface area contributed by atoms with Crippen LogP contribution in [0.5, 0.6) is 0 Å². The number of nitrogens with one attached hydrogen (secondary N) is 1. The number of aryl methyl sites for hydroxylation is 1. The molecule has 0 bridgehead atoms. The van der Waals surface area contributed by atoms with Gasteiger partial charge in [-0.2, -0.15) is 4.73 Å². The Kier molecular flexibility index (Phi) is 4.52. The third-order valence-electron chi connectivity index (χ3n) is 5.22. The van der Waals surface area contributed by atoms with Gasteiger partial charge in [-0.3, -0.25) is 4.72 Å². The van der Waals surface area contributed by atoms with Crippen molar-refractivity contribution in [2.24, 2.45) is 5.92 Å². The first-order valence-electron chi connectivity index (χ1n) is 9.17. The van der Waals surface area contributed by atoms with Gasteiger partial charge in [0.05, 0.1) is 10.3 Å². The predicted octanol–water partition coefficient (Wildman–Crippen LogP) is 3.93. The van der Waals surface area contributed by atoms with Gasteiger partial charge in [-0.1, -0.05) is 37.5 Å².